The topological polar surface area (TPSA) is 57.4 Å². The van der Waals surface area contributed by atoms with Gasteiger partial charge < -0.3 is 14.0 Å². The third kappa shape index (κ3) is 2.02. The first-order chi connectivity index (χ1) is 9.76. The van der Waals surface area contributed by atoms with Crippen LogP contribution in [0.3, 0.4) is 0 Å². The highest BCUT2D eigenvalue weighted by Gasteiger charge is 2.16. The fourth-order valence-corrected chi connectivity index (χ4v) is 3.10. The molecule has 0 bridgehead atoms. The van der Waals surface area contributed by atoms with Crippen molar-refractivity contribution in [3.8, 4) is 22.3 Å². The van der Waals surface area contributed by atoms with Crippen LogP contribution in [0.4, 0.5) is 0 Å². The normalized spacial score (nSPS) is 10.9. The van der Waals surface area contributed by atoms with E-state index >= 15 is 0 Å². The first kappa shape index (κ1) is 12.9. The number of thiophene rings is 1. The average molecular weight is 290 g/mol. The van der Waals surface area contributed by atoms with Gasteiger partial charge in [-0.2, -0.15) is 4.98 Å². The van der Waals surface area contributed by atoms with Gasteiger partial charge in [-0.3, -0.25) is 0 Å². The van der Waals surface area contributed by atoms with Gasteiger partial charge in [0.1, 0.15) is 11.5 Å². The molecule has 104 valence electrons. The molecule has 0 saturated heterocycles. The average Bonchev–Trinajstić information content (AvgIpc) is 3.12. The summed E-state index contributed by atoms with van der Waals surface area (Å²) in [4.78, 5) is 5.27. The third-order valence-electron chi connectivity index (χ3n) is 3.04. The lowest BCUT2D eigenvalue weighted by atomic mass is 10.2. The summed E-state index contributed by atoms with van der Waals surface area (Å²) in [5, 5.41) is 4.91. The molecule has 0 N–H and O–H groups in total. The molecule has 2 heterocycles. The van der Waals surface area contributed by atoms with Crippen molar-refractivity contribution in [2.45, 2.75) is 13.3 Å². The largest absolute Gasteiger partial charge is 0.496 e. The van der Waals surface area contributed by atoms with Crippen molar-refractivity contribution in [1.82, 2.24) is 10.1 Å². The molecule has 0 fully saturated rings. The number of ether oxygens (including phenoxy) is 2. The lowest BCUT2D eigenvalue weighted by Crippen LogP contribution is -1.86. The number of fused-ring (bicyclic) bond motifs is 1. The van der Waals surface area contributed by atoms with Gasteiger partial charge in [-0.15, -0.1) is 11.3 Å². The highest BCUT2D eigenvalue weighted by Crippen LogP contribution is 2.42. The number of rotatable bonds is 4. The van der Waals surface area contributed by atoms with Crippen molar-refractivity contribution < 1.29 is 14.0 Å². The Kier molecular flexibility index (Phi) is 3.31. The summed E-state index contributed by atoms with van der Waals surface area (Å²) in [6.07, 6.45) is 0.751. The number of nitrogens with zero attached hydrogens (tertiary/aromatic N) is 2. The summed E-state index contributed by atoms with van der Waals surface area (Å²) in [5.41, 5.74) is 0. The van der Waals surface area contributed by atoms with Crippen molar-refractivity contribution in [1.29, 1.82) is 0 Å². The van der Waals surface area contributed by atoms with E-state index in [1.54, 1.807) is 25.6 Å². The van der Waals surface area contributed by atoms with Crippen molar-refractivity contribution >= 4 is 21.4 Å². The minimum atomic E-state index is 0.534. The minimum absolute atomic E-state index is 0.534. The van der Waals surface area contributed by atoms with Crippen LogP contribution < -0.4 is 9.47 Å². The van der Waals surface area contributed by atoms with E-state index in [1.807, 2.05) is 25.1 Å². The zero-order chi connectivity index (χ0) is 14.1. The fraction of sp³-hybridized carbons (Fsp3) is 0.286. The van der Waals surface area contributed by atoms with E-state index in [2.05, 4.69) is 10.1 Å². The van der Waals surface area contributed by atoms with Gasteiger partial charge in [0.15, 0.2) is 5.82 Å². The Balaban J connectivity index is 2.18. The molecule has 20 heavy (non-hydrogen) atoms. The van der Waals surface area contributed by atoms with Crippen LogP contribution in [0.25, 0.3) is 20.9 Å². The van der Waals surface area contributed by atoms with Gasteiger partial charge in [-0.25, -0.2) is 0 Å². The van der Waals surface area contributed by atoms with Crippen LogP contribution in [0, 0.1) is 0 Å². The summed E-state index contributed by atoms with van der Waals surface area (Å²) in [6, 6.07) is 5.78. The highest BCUT2D eigenvalue weighted by atomic mass is 32.1. The Bertz CT molecular complexity index is 707. The Morgan fingerprint density at radius 3 is 2.60 bits per heavy atom. The lowest BCUT2D eigenvalue weighted by molar-refractivity contribution is 0.411. The van der Waals surface area contributed by atoms with Crippen molar-refractivity contribution in [3.63, 3.8) is 0 Å². The third-order valence-corrected chi connectivity index (χ3v) is 4.18. The molecule has 0 aliphatic carbocycles. The summed E-state index contributed by atoms with van der Waals surface area (Å²) in [5.74, 6) is 2.86. The van der Waals surface area contributed by atoms with Crippen LogP contribution in [0.5, 0.6) is 11.5 Å². The number of aromatic nitrogens is 2. The zero-order valence-electron chi connectivity index (χ0n) is 11.5. The number of aryl methyl sites for hydroxylation is 1. The van der Waals surface area contributed by atoms with Crippen LogP contribution in [-0.4, -0.2) is 24.4 Å². The zero-order valence-corrected chi connectivity index (χ0v) is 12.3. The first-order valence-corrected chi connectivity index (χ1v) is 7.06. The fourth-order valence-electron chi connectivity index (χ4n) is 2.02. The SMILES string of the molecule is CCc1noc(-c2cc3c(OC)ccc(OC)c3s2)n1. The Labute approximate surface area is 120 Å². The molecule has 0 aliphatic rings. The molecule has 0 unspecified atom stereocenters. The molecule has 0 radical (unpaired) electrons. The first-order valence-electron chi connectivity index (χ1n) is 6.24. The summed E-state index contributed by atoms with van der Waals surface area (Å²) in [7, 11) is 3.31. The number of methoxy groups -OCH3 is 2. The van der Waals surface area contributed by atoms with Gasteiger partial charge in [-0.1, -0.05) is 12.1 Å². The number of hydrogen-bond donors (Lipinski definition) is 0. The predicted molar refractivity (Wildman–Crippen MR) is 77.6 cm³/mol. The van der Waals surface area contributed by atoms with E-state index in [1.165, 1.54) is 0 Å². The van der Waals surface area contributed by atoms with Crippen molar-refractivity contribution in [2.24, 2.45) is 0 Å². The van der Waals surface area contributed by atoms with E-state index in [0.29, 0.717) is 11.7 Å². The molecule has 5 nitrogen and oxygen atoms in total. The minimum Gasteiger partial charge on any atom is -0.496 e. The van der Waals surface area contributed by atoms with E-state index in [0.717, 1.165) is 32.9 Å². The molecule has 0 saturated carbocycles. The van der Waals surface area contributed by atoms with E-state index < -0.39 is 0 Å². The second-order valence-electron chi connectivity index (χ2n) is 4.19. The molecule has 3 aromatic rings. The smallest absolute Gasteiger partial charge is 0.268 e. The maximum atomic E-state index is 5.39. The summed E-state index contributed by atoms with van der Waals surface area (Å²) < 4.78 is 17.1. The molecule has 0 spiro atoms. The molecule has 0 atom stereocenters. The second-order valence-corrected chi connectivity index (χ2v) is 5.25. The molecule has 0 amide bonds. The molecule has 2 aromatic heterocycles. The molecule has 3 rings (SSSR count). The van der Waals surface area contributed by atoms with Gasteiger partial charge in [0.25, 0.3) is 5.89 Å². The van der Waals surface area contributed by atoms with Crippen LogP contribution in [0.2, 0.25) is 0 Å². The monoisotopic (exact) mass is 290 g/mol. The van der Waals surface area contributed by atoms with Crippen LogP contribution in [-0.2, 0) is 6.42 Å². The van der Waals surface area contributed by atoms with Gasteiger partial charge in [0.05, 0.1) is 23.8 Å². The Hall–Kier alpha value is -2.08. The van der Waals surface area contributed by atoms with E-state index in [4.69, 9.17) is 14.0 Å². The predicted octanol–water partition coefficient (Wildman–Crippen LogP) is 3.53. The number of hydrogen-bond acceptors (Lipinski definition) is 6. The van der Waals surface area contributed by atoms with E-state index in [-0.39, 0.29) is 0 Å². The molecule has 1 aromatic carbocycles. The lowest BCUT2D eigenvalue weighted by Gasteiger charge is -2.04. The Morgan fingerprint density at radius 1 is 1.20 bits per heavy atom. The standard InChI is InChI=1S/C14H14N2O3S/c1-4-12-15-14(19-16-12)11-7-8-9(17-2)5-6-10(18-3)13(8)20-11/h5-7H,4H2,1-3H3. The molecular formula is C14H14N2O3S. The maximum Gasteiger partial charge on any atom is 0.268 e. The Morgan fingerprint density at radius 2 is 1.95 bits per heavy atom. The second kappa shape index (κ2) is 5.13. The molecular weight excluding hydrogens is 276 g/mol. The van der Waals surface area contributed by atoms with Gasteiger partial charge >= 0.3 is 0 Å². The van der Waals surface area contributed by atoms with Gasteiger partial charge in [-0.05, 0) is 18.2 Å². The van der Waals surface area contributed by atoms with Crippen molar-refractivity contribution in [2.75, 3.05) is 14.2 Å². The number of benzene rings is 1. The maximum absolute atomic E-state index is 5.39. The van der Waals surface area contributed by atoms with Gasteiger partial charge in [0, 0.05) is 11.8 Å². The summed E-state index contributed by atoms with van der Waals surface area (Å²) >= 11 is 1.55. The highest BCUT2D eigenvalue weighted by molar-refractivity contribution is 7.22. The van der Waals surface area contributed by atoms with Crippen molar-refractivity contribution in [3.05, 3.63) is 24.0 Å². The molecule has 6 heteroatoms. The quantitative estimate of drug-likeness (QED) is 0.735. The van der Waals surface area contributed by atoms with Crippen LogP contribution in [0.1, 0.15) is 12.7 Å². The van der Waals surface area contributed by atoms with Crippen LogP contribution >= 0.6 is 11.3 Å². The molecule has 0 aliphatic heterocycles. The van der Waals surface area contributed by atoms with E-state index in [9.17, 15) is 0 Å². The van der Waals surface area contributed by atoms with Crippen LogP contribution in [0.15, 0.2) is 22.7 Å². The van der Waals surface area contributed by atoms with Gasteiger partial charge in [0.2, 0.25) is 0 Å². The summed E-state index contributed by atoms with van der Waals surface area (Å²) in [6.45, 7) is 1.99.